The van der Waals surface area contributed by atoms with Crippen LogP contribution in [0.4, 0.5) is 5.69 Å². The average Bonchev–Trinajstić information content (AvgIpc) is 2.95. The van der Waals surface area contributed by atoms with E-state index >= 15 is 0 Å². The van der Waals surface area contributed by atoms with Crippen molar-refractivity contribution in [3.05, 3.63) is 65.6 Å². The molecule has 0 atom stereocenters. The van der Waals surface area contributed by atoms with E-state index in [2.05, 4.69) is 14.7 Å². The van der Waals surface area contributed by atoms with Crippen molar-refractivity contribution in [1.29, 1.82) is 0 Å². The summed E-state index contributed by atoms with van der Waals surface area (Å²) in [7, 11) is -3.76. The molecule has 1 N–H and O–H groups in total. The van der Waals surface area contributed by atoms with Gasteiger partial charge in [0.15, 0.2) is 5.03 Å². The van der Waals surface area contributed by atoms with E-state index in [1.54, 1.807) is 36.7 Å². The molecule has 0 aliphatic carbocycles. The van der Waals surface area contributed by atoms with Gasteiger partial charge in [0.05, 0.1) is 0 Å². The van der Waals surface area contributed by atoms with Crippen LogP contribution in [0, 0.1) is 20.8 Å². The number of sulfonamides is 1. The van der Waals surface area contributed by atoms with Gasteiger partial charge in [0.1, 0.15) is 0 Å². The molecule has 7 heteroatoms. The number of anilines is 1. The second-order valence-electron chi connectivity index (χ2n) is 5.70. The van der Waals surface area contributed by atoms with Gasteiger partial charge in [0, 0.05) is 23.8 Å². The van der Waals surface area contributed by atoms with Crippen molar-refractivity contribution < 1.29 is 8.42 Å². The van der Waals surface area contributed by atoms with E-state index in [1.807, 2.05) is 26.8 Å². The maximum absolute atomic E-state index is 12.8. The molecule has 0 fully saturated rings. The Morgan fingerprint density at radius 3 is 2.42 bits per heavy atom. The van der Waals surface area contributed by atoms with E-state index < -0.39 is 10.0 Å². The molecule has 0 spiro atoms. The Balaban J connectivity index is 2.01. The van der Waals surface area contributed by atoms with Gasteiger partial charge >= 0.3 is 0 Å². The van der Waals surface area contributed by atoms with Crippen LogP contribution in [0.5, 0.6) is 0 Å². The first kappa shape index (κ1) is 16.2. The molecule has 0 saturated carbocycles. The Labute approximate surface area is 141 Å². The lowest BCUT2D eigenvalue weighted by Crippen LogP contribution is -2.17. The molecule has 0 unspecified atom stereocenters. The largest absolute Gasteiger partial charge is 0.278 e. The van der Waals surface area contributed by atoms with Crippen LogP contribution in [0.3, 0.4) is 0 Å². The van der Waals surface area contributed by atoms with Crippen molar-refractivity contribution in [3.63, 3.8) is 0 Å². The minimum Gasteiger partial charge on any atom is -0.278 e. The van der Waals surface area contributed by atoms with Gasteiger partial charge in [-0.25, -0.2) is 9.97 Å². The first-order chi connectivity index (χ1) is 11.3. The number of nitrogens with zero attached hydrogens (tertiary/aromatic N) is 3. The van der Waals surface area contributed by atoms with Crippen LogP contribution in [0.1, 0.15) is 16.8 Å². The van der Waals surface area contributed by atoms with Crippen LogP contribution in [-0.2, 0) is 10.0 Å². The van der Waals surface area contributed by atoms with Crippen LogP contribution in [0.25, 0.3) is 5.95 Å². The van der Waals surface area contributed by atoms with Gasteiger partial charge < -0.3 is 0 Å². The van der Waals surface area contributed by atoms with E-state index in [9.17, 15) is 8.42 Å². The van der Waals surface area contributed by atoms with Crippen LogP contribution in [-0.4, -0.2) is 23.0 Å². The number of benzene rings is 1. The standard InChI is InChI=1S/C17H18N4O2S/c1-12-9-13(2)11-15(10-12)20-24(22,23)16-5-4-8-21(16)17-18-7-6-14(3)19-17/h4-11,20H,1-3H3. The highest BCUT2D eigenvalue weighted by Crippen LogP contribution is 2.20. The fourth-order valence-corrected chi connectivity index (χ4v) is 3.73. The lowest BCUT2D eigenvalue weighted by atomic mass is 10.1. The Hall–Kier alpha value is -2.67. The van der Waals surface area contributed by atoms with Crippen LogP contribution >= 0.6 is 0 Å². The van der Waals surface area contributed by atoms with E-state index in [4.69, 9.17) is 0 Å². The molecule has 0 saturated heterocycles. The third kappa shape index (κ3) is 3.30. The van der Waals surface area contributed by atoms with Gasteiger partial charge in [-0.1, -0.05) is 6.07 Å². The first-order valence-corrected chi connectivity index (χ1v) is 8.92. The molecular weight excluding hydrogens is 324 g/mol. The predicted octanol–water partition coefficient (Wildman–Crippen LogP) is 2.99. The quantitative estimate of drug-likeness (QED) is 0.791. The molecular formula is C17H18N4O2S. The van der Waals surface area contributed by atoms with Crippen molar-refractivity contribution in [1.82, 2.24) is 14.5 Å². The zero-order valence-corrected chi connectivity index (χ0v) is 14.5. The highest BCUT2D eigenvalue weighted by molar-refractivity contribution is 7.92. The fraction of sp³-hybridized carbons (Fsp3) is 0.176. The molecule has 2 heterocycles. The highest BCUT2D eigenvalue weighted by Gasteiger charge is 2.20. The van der Waals surface area contributed by atoms with Crippen molar-refractivity contribution in [2.45, 2.75) is 25.8 Å². The molecule has 124 valence electrons. The van der Waals surface area contributed by atoms with E-state index in [1.165, 1.54) is 10.6 Å². The van der Waals surface area contributed by atoms with Gasteiger partial charge in [-0.05, 0) is 62.2 Å². The van der Waals surface area contributed by atoms with Crippen molar-refractivity contribution in [2.24, 2.45) is 0 Å². The molecule has 0 bridgehead atoms. The number of nitrogens with one attached hydrogen (secondary N) is 1. The number of aryl methyl sites for hydroxylation is 3. The van der Waals surface area contributed by atoms with Crippen LogP contribution in [0.2, 0.25) is 0 Å². The number of rotatable bonds is 4. The van der Waals surface area contributed by atoms with Crippen molar-refractivity contribution >= 4 is 15.7 Å². The summed E-state index contributed by atoms with van der Waals surface area (Å²) in [6.45, 7) is 5.68. The summed E-state index contributed by atoms with van der Waals surface area (Å²) < 4.78 is 29.6. The summed E-state index contributed by atoms with van der Waals surface area (Å²) in [5, 5.41) is 0.0901. The summed E-state index contributed by atoms with van der Waals surface area (Å²) >= 11 is 0. The lowest BCUT2D eigenvalue weighted by Gasteiger charge is -2.12. The third-order valence-electron chi connectivity index (χ3n) is 3.46. The molecule has 1 aromatic carbocycles. The summed E-state index contributed by atoms with van der Waals surface area (Å²) in [5.74, 6) is 0.320. The molecule has 6 nitrogen and oxygen atoms in total. The molecule has 3 aromatic rings. The maximum atomic E-state index is 12.8. The zero-order chi connectivity index (χ0) is 17.3. The second kappa shape index (κ2) is 6.09. The SMILES string of the molecule is Cc1cc(C)cc(NS(=O)(=O)c2cccn2-c2nccc(C)n2)c1. The van der Waals surface area contributed by atoms with Gasteiger partial charge in [-0.2, -0.15) is 8.42 Å². The highest BCUT2D eigenvalue weighted by atomic mass is 32.2. The normalized spacial score (nSPS) is 11.5. The maximum Gasteiger partial charge on any atom is 0.278 e. The summed E-state index contributed by atoms with van der Waals surface area (Å²) in [5.41, 5.74) is 3.28. The number of aromatic nitrogens is 3. The Morgan fingerprint density at radius 2 is 1.75 bits per heavy atom. The molecule has 0 amide bonds. The van der Waals surface area contributed by atoms with Gasteiger partial charge in [-0.3, -0.25) is 9.29 Å². The lowest BCUT2D eigenvalue weighted by molar-refractivity contribution is 0.593. The Morgan fingerprint density at radius 1 is 1.04 bits per heavy atom. The number of hydrogen-bond donors (Lipinski definition) is 1. The minimum atomic E-state index is -3.76. The molecule has 0 aliphatic heterocycles. The van der Waals surface area contributed by atoms with E-state index in [0.717, 1.165) is 16.8 Å². The topological polar surface area (TPSA) is 76.9 Å². The van der Waals surface area contributed by atoms with E-state index in [0.29, 0.717) is 11.6 Å². The summed E-state index contributed by atoms with van der Waals surface area (Å²) in [6.07, 6.45) is 3.23. The summed E-state index contributed by atoms with van der Waals surface area (Å²) in [4.78, 5) is 8.44. The van der Waals surface area contributed by atoms with Crippen molar-refractivity contribution in [3.8, 4) is 5.95 Å². The monoisotopic (exact) mass is 342 g/mol. The molecule has 0 aliphatic rings. The number of hydrogen-bond acceptors (Lipinski definition) is 4. The van der Waals surface area contributed by atoms with Gasteiger partial charge in [0.2, 0.25) is 5.95 Å². The Bertz CT molecular complexity index is 973. The van der Waals surface area contributed by atoms with Crippen LogP contribution < -0.4 is 4.72 Å². The van der Waals surface area contributed by atoms with E-state index in [-0.39, 0.29) is 5.03 Å². The average molecular weight is 342 g/mol. The third-order valence-corrected chi connectivity index (χ3v) is 4.85. The zero-order valence-electron chi connectivity index (χ0n) is 13.7. The molecule has 2 aromatic heterocycles. The first-order valence-electron chi connectivity index (χ1n) is 7.44. The van der Waals surface area contributed by atoms with Crippen LogP contribution in [0.15, 0.2) is 53.8 Å². The van der Waals surface area contributed by atoms with Gasteiger partial charge in [0.25, 0.3) is 10.0 Å². The predicted molar refractivity (Wildman–Crippen MR) is 92.8 cm³/mol. The van der Waals surface area contributed by atoms with Gasteiger partial charge in [-0.15, -0.1) is 0 Å². The minimum absolute atomic E-state index is 0.0901. The smallest absolute Gasteiger partial charge is 0.278 e. The second-order valence-corrected chi connectivity index (χ2v) is 7.33. The Kier molecular flexibility index (Phi) is 4.11. The molecule has 24 heavy (non-hydrogen) atoms. The fourth-order valence-electron chi connectivity index (χ4n) is 2.54. The molecule has 0 radical (unpaired) electrons. The van der Waals surface area contributed by atoms with Crippen molar-refractivity contribution in [2.75, 3.05) is 4.72 Å². The molecule has 3 rings (SSSR count). The summed E-state index contributed by atoms with van der Waals surface area (Å²) in [6, 6.07) is 10.5.